The summed E-state index contributed by atoms with van der Waals surface area (Å²) in [4.78, 5) is 7.16. The highest BCUT2D eigenvalue weighted by atomic mass is 15.2. The van der Waals surface area contributed by atoms with E-state index in [9.17, 15) is 0 Å². The molecule has 1 aliphatic rings. The van der Waals surface area contributed by atoms with Gasteiger partial charge in [-0.05, 0) is 51.4 Å². The van der Waals surface area contributed by atoms with Crippen LogP contribution in [0.5, 0.6) is 0 Å². The van der Waals surface area contributed by atoms with Gasteiger partial charge in [-0.1, -0.05) is 19.4 Å². The Morgan fingerprint density at radius 2 is 1.95 bits per heavy atom. The molecule has 2 heterocycles. The van der Waals surface area contributed by atoms with Crippen molar-refractivity contribution < 1.29 is 0 Å². The Kier molecular flexibility index (Phi) is 6.12. The highest BCUT2D eigenvalue weighted by Crippen LogP contribution is 2.13. The monoisotopic (exact) mass is 276 g/mol. The minimum absolute atomic E-state index is 0.432. The van der Waals surface area contributed by atoms with Crippen LogP contribution in [0, 0.1) is 0 Å². The van der Waals surface area contributed by atoms with Crippen molar-refractivity contribution in [3.63, 3.8) is 0 Å². The zero-order valence-electron chi connectivity index (χ0n) is 12.9. The first-order chi connectivity index (χ1) is 9.78. The lowest BCUT2D eigenvalue weighted by Gasteiger charge is -2.29. The summed E-state index contributed by atoms with van der Waals surface area (Å²) < 4.78 is 0. The topological polar surface area (TPSA) is 40.2 Å². The van der Waals surface area contributed by atoms with E-state index in [0.29, 0.717) is 6.04 Å². The minimum Gasteiger partial charge on any atom is -0.370 e. The van der Waals surface area contributed by atoms with Crippen LogP contribution in [0.1, 0.15) is 39.5 Å². The largest absolute Gasteiger partial charge is 0.370 e. The molecule has 2 N–H and O–H groups in total. The Labute approximate surface area is 123 Å². The van der Waals surface area contributed by atoms with Gasteiger partial charge in [0.2, 0.25) is 0 Å². The highest BCUT2D eigenvalue weighted by Gasteiger charge is 2.13. The number of piperidine rings is 1. The van der Waals surface area contributed by atoms with Crippen LogP contribution in [0.4, 0.5) is 11.6 Å². The molecule has 4 heteroatoms. The van der Waals surface area contributed by atoms with E-state index in [1.54, 1.807) is 0 Å². The zero-order chi connectivity index (χ0) is 14.2. The van der Waals surface area contributed by atoms with Crippen molar-refractivity contribution in [3.05, 3.63) is 18.2 Å². The van der Waals surface area contributed by atoms with E-state index in [1.165, 1.54) is 32.4 Å². The lowest BCUT2D eigenvalue weighted by molar-refractivity contribution is 0.223. The summed E-state index contributed by atoms with van der Waals surface area (Å²) in [7, 11) is 0. The first kappa shape index (κ1) is 15.1. The lowest BCUT2D eigenvalue weighted by atomic mass is 10.1. The van der Waals surface area contributed by atoms with Gasteiger partial charge in [0.1, 0.15) is 11.6 Å². The fourth-order valence-electron chi connectivity index (χ4n) is 2.69. The maximum Gasteiger partial charge on any atom is 0.128 e. The third-order valence-corrected chi connectivity index (χ3v) is 3.68. The third kappa shape index (κ3) is 5.00. The standard InChI is InChI=1S/C16H28N4/c1-3-10-17-15-8-7-9-16(19-15)18-14(2)13-20-11-5-4-6-12-20/h7-9,14H,3-6,10-13H2,1-2H3,(H2,17,18,19). The summed E-state index contributed by atoms with van der Waals surface area (Å²) in [5.74, 6) is 1.93. The fourth-order valence-corrected chi connectivity index (χ4v) is 2.69. The van der Waals surface area contributed by atoms with Gasteiger partial charge in [0, 0.05) is 19.1 Å². The number of nitrogens with one attached hydrogen (secondary N) is 2. The smallest absolute Gasteiger partial charge is 0.128 e. The van der Waals surface area contributed by atoms with E-state index in [0.717, 1.165) is 31.1 Å². The predicted molar refractivity (Wildman–Crippen MR) is 86.4 cm³/mol. The molecule has 0 aliphatic carbocycles. The number of rotatable bonds is 7. The average Bonchev–Trinajstić information content (AvgIpc) is 2.46. The Hall–Kier alpha value is -1.29. The first-order valence-corrected chi connectivity index (χ1v) is 7.97. The molecule has 1 unspecified atom stereocenters. The summed E-state index contributed by atoms with van der Waals surface area (Å²) in [5, 5.41) is 6.84. The molecule has 1 aromatic rings. The number of pyridine rings is 1. The molecule has 0 bridgehead atoms. The summed E-state index contributed by atoms with van der Waals surface area (Å²) in [5.41, 5.74) is 0. The van der Waals surface area contributed by atoms with Crippen molar-refractivity contribution in [2.45, 2.75) is 45.6 Å². The molecule has 1 atom stereocenters. The van der Waals surface area contributed by atoms with Crippen LogP contribution in [0.15, 0.2) is 18.2 Å². The summed E-state index contributed by atoms with van der Waals surface area (Å²) >= 11 is 0. The summed E-state index contributed by atoms with van der Waals surface area (Å²) in [6, 6.07) is 6.56. The SMILES string of the molecule is CCCNc1cccc(NC(C)CN2CCCCC2)n1. The van der Waals surface area contributed by atoms with Gasteiger partial charge in [0.25, 0.3) is 0 Å². The maximum absolute atomic E-state index is 4.60. The van der Waals surface area contributed by atoms with E-state index < -0.39 is 0 Å². The van der Waals surface area contributed by atoms with E-state index in [1.807, 2.05) is 12.1 Å². The van der Waals surface area contributed by atoms with Gasteiger partial charge >= 0.3 is 0 Å². The van der Waals surface area contributed by atoms with Crippen LogP contribution >= 0.6 is 0 Å². The van der Waals surface area contributed by atoms with Gasteiger partial charge in [-0.3, -0.25) is 0 Å². The van der Waals surface area contributed by atoms with E-state index in [2.05, 4.69) is 40.4 Å². The number of hydrogen-bond donors (Lipinski definition) is 2. The third-order valence-electron chi connectivity index (χ3n) is 3.68. The van der Waals surface area contributed by atoms with Crippen molar-refractivity contribution in [2.75, 3.05) is 36.8 Å². The van der Waals surface area contributed by atoms with Crippen LogP contribution in [-0.2, 0) is 0 Å². The van der Waals surface area contributed by atoms with Crippen LogP contribution < -0.4 is 10.6 Å². The normalized spacial score (nSPS) is 17.7. The Bertz CT molecular complexity index is 388. The van der Waals surface area contributed by atoms with Gasteiger partial charge in [-0.15, -0.1) is 0 Å². The van der Waals surface area contributed by atoms with Gasteiger partial charge in [-0.2, -0.15) is 0 Å². The first-order valence-electron chi connectivity index (χ1n) is 7.97. The second kappa shape index (κ2) is 8.10. The number of aromatic nitrogens is 1. The molecule has 1 fully saturated rings. The van der Waals surface area contributed by atoms with Crippen LogP contribution in [-0.4, -0.2) is 42.1 Å². The van der Waals surface area contributed by atoms with Crippen molar-refractivity contribution in [3.8, 4) is 0 Å². The molecule has 1 aliphatic heterocycles. The molecule has 0 aromatic carbocycles. The van der Waals surface area contributed by atoms with Gasteiger partial charge in [0.05, 0.1) is 0 Å². The van der Waals surface area contributed by atoms with Gasteiger partial charge in [-0.25, -0.2) is 4.98 Å². The second-order valence-electron chi connectivity index (χ2n) is 5.74. The zero-order valence-corrected chi connectivity index (χ0v) is 12.9. The molecule has 0 radical (unpaired) electrons. The molecule has 4 nitrogen and oxygen atoms in total. The molecule has 112 valence electrons. The van der Waals surface area contributed by atoms with Crippen LogP contribution in [0.25, 0.3) is 0 Å². The van der Waals surface area contributed by atoms with Gasteiger partial charge in [0.15, 0.2) is 0 Å². The Morgan fingerprint density at radius 3 is 2.70 bits per heavy atom. The number of nitrogens with zero attached hydrogens (tertiary/aromatic N) is 2. The van der Waals surface area contributed by atoms with Crippen molar-refractivity contribution in [1.29, 1.82) is 0 Å². The summed E-state index contributed by atoms with van der Waals surface area (Å²) in [6.45, 7) is 8.97. The number of likely N-dealkylation sites (tertiary alicyclic amines) is 1. The maximum atomic E-state index is 4.60. The van der Waals surface area contributed by atoms with E-state index in [-0.39, 0.29) is 0 Å². The van der Waals surface area contributed by atoms with E-state index >= 15 is 0 Å². The van der Waals surface area contributed by atoms with Crippen molar-refractivity contribution in [1.82, 2.24) is 9.88 Å². The van der Waals surface area contributed by atoms with Crippen molar-refractivity contribution in [2.24, 2.45) is 0 Å². The molecule has 20 heavy (non-hydrogen) atoms. The molecule has 0 amide bonds. The molecule has 0 spiro atoms. The van der Waals surface area contributed by atoms with Gasteiger partial charge < -0.3 is 15.5 Å². The molecule has 1 saturated heterocycles. The lowest BCUT2D eigenvalue weighted by Crippen LogP contribution is -2.38. The fraction of sp³-hybridized carbons (Fsp3) is 0.688. The summed E-state index contributed by atoms with van der Waals surface area (Å²) in [6.07, 6.45) is 5.21. The molecule has 2 rings (SSSR count). The van der Waals surface area contributed by atoms with Crippen LogP contribution in [0.2, 0.25) is 0 Å². The predicted octanol–water partition coefficient (Wildman–Crippen LogP) is 3.19. The highest BCUT2D eigenvalue weighted by molar-refractivity contribution is 5.45. The van der Waals surface area contributed by atoms with Crippen LogP contribution in [0.3, 0.4) is 0 Å². The second-order valence-corrected chi connectivity index (χ2v) is 5.74. The Morgan fingerprint density at radius 1 is 1.20 bits per heavy atom. The molecular formula is C16H28N4. The quantitative estimate of drug-likeness (QED) is 0.802. The molecule has 0 saturated carbocycles. The number of anilines is 2. The molecular weight excluding hydrogens is 248 g/mol. The number of hydrogen-bond acceptors (Lipinski definition) is 4. The van der Waals surface area contributed by atoms with E-state index in [4.69, 9.17) is 0 Å². The average molecular weight is 276 g/mol. The Balaban J connectivity index is 1.81. The molecule has 1 aromatic heterocycles. The minimum atomic E-state index is 0.432. The van der Waals surface area contributed by atoms with Crippen molar-refractivity contribution >= 4 is 11.6 Å².